The first kappa shape index (κ1) is 9.92. The van der Waals surface area contributed by atoms with Gasteiger partial charge >= 0.3 is 0 Å². The second-order valence-corrected chi connectivity index (χ2v) is 4.82. The SMILES string of the molecule is Clc1ccc2c(c1)[nH]c1cnc3ccccc3c12. The second-order valence-electron chi connectivity index (χ2n) is 4.38. The lowest BCUT2D eigenvalue weighted by Crippen LogP contribution is -1.78. The highest BCUT2D eigenvalue weighted by molar-refractivity contribution is 6.32. The zero-order valence-electron chi connectivity index (χ0n) is 9.44. The van der Waals surface area contributed by atoms with E-state index in [1.807, 2.05) is 36.5 Å². The Balaban J connectivity index is 2.33. The van der Waals surface area contributed by atoms with Crippen molar-refractivity contribution in [1.29, 1.82) is 0 Å². The maximum atomic E-state index is 6.03. The van der Waals surface area contributed by atoms with Crippen LogP contribution in [0, 0.1) is 0 Å². The van der Waals surface area contributed by atoms with Gasteiger partial charge in [-0.2, -0.15) is 0 Å². The number of para-hydroxylation sites is 1. The van der Waals surface area contributed by atoms with Gasteiger partial charge in [0.05, 0.1) is 17.2 Å². The monoisotopic (exact) mass is 252 g/mol. The highest BCUT2D eigenvalue weighted by Gasteiger charge is 2.08. The molecular weight excluding hydrogens is 244 g/mol. The minimum Gasteiger partial charge on any atom is -0.353 e. The van der Waals surface area contributed by atoms with Crippen molar-refractivity contribution >= 4 is 44.3 Å². The Labute approximate surface area is 108 Å². The lowest BCUT2D eigenvalue weighted by molar-refractivity contribution is 1.41. The van der Waals surface area contributed by atoms with E-state index >= 15 is 0 Å². The molecule has 2 heterocycles. The fraction of sp³-hybridized carbons (Fsp3) is 0. The summed E-state index contributed by atoms with van der Waals surface area (Å²) in [5, 5.41) is 4.31. The number of rotatable bonds is 0. The van der Waals surface area contributed by atoms with E-state index in [1.165, 1.54) is 16.2 Å². The maximum absolute atomic E-state index is 6.03. The van der Waals surface area contributed by atoms with E-state index in [9.17, 15) is 0 Å². The standard InChI is InChI=1S/C15H9ClN2/c16-9-5-6-11-13(7-9)18-14-8-17-12-4-2-1-3-10(12)15(11)14/h1-8,18H. The largest absolute Gasteiger partial charge is 0.353 e. The van der Waals surface area contributed by atoms with Crippen LogP contribution in [-0.4, -0.2) is 9.97 Å². The summed E-state index contributed by atoms with van der Waals surface area (Å²) < 4.78 is 0. The molecule has 0 spiro atoms. The van der Waals surface area contributed by atoms with Crippen molar-refractivity contribution in [3.63, 3.8) is 0 Å². The summed E-state index contributed by atoms with van der Waals surface area (Å²) in [7, 11) is 0. The Morgan fingerprint density at radius 1 is 0.944 bits per heavy atom. The van der Waals surface area contributed by atoms with E-state index in [4.69, 9.17) is 11.6 Å². The van der Waals surface area contributed by atoms with Gasteiger partial charge in [0.25, 0.3) is 0 Å². The van der Waals surface area contributed by atoms with E-state index in [-0.39, 0.29) is 0 Å². The lowest BCUT2D eigenvalue weighted by Gasteiger charge is -1.98. The lowest BCUT2D eigenvalue weighted by atomic mass is 10.1. The molecule has 0 aliphatic rings. The first-order chi connectivity index (χ1) is 8.83. The average molecular weight is 253 g/mol. The fourth-order valence-electron chi connectivity index (χ4n) is 2.51. The minimum absolute atomic E-state index is 0.742. The topological polar surface area (TPSA) is 28.7 Å². The van der Waals surface area contributed by atoms with Crippen molar-refractivity contribution in [1.82, 2.24) is 9.97 Å². The number of benzene rings is 2. The molecule has 0 saturated heterocycles. The summed E-state index contributed by atoms with van der Waals surface area (Å²) in [5.74, 6) is 0. The number of aromatic nitrogens is 2. The number of aromatic amines is 1. The highest BCUT2D eigenvalue weighted by atomic mass is 35.5. The van der Waals surface area contributed by atoms with Gasteiger partial charge in [-0.1, -0.05) is 35.9 Å². The van der Waals surface area contributed by atoms with Crippen LogP contribution in [0.25, 0.3) is 32.7 Å². The van der Waals surface area contributed by atoms with Crippen LogP contribution < -0.4 is 0 Å². The Bertz CT molecular complexity index is 893. The number of H-pyrrole nitrogens is 1. The van der Waals surface area contributed by atoms with Gasteiger partial charge in [0.1, 0.15) is 0 Å². The van der Waals surface area contributed by atoms with E-state index < -0.39 is 0 Å². The number of hydrogen-bond donors (Lipinski definition) is 1. The molecule has 0 amide bonds. The van der Waals surface area contributed by atoms with Crippen LogP contribution in [-0.2, 0) is 0 Å². The molecule has 0 aliphatic heterocycles. The van der Waals surface area contributed by atoms with E-state index in [2.05, 4.69) is 22.1 Å². The molecule has 2 aromatic carbocycles. The molecule has 0 bridgehead atoms. The zero-order valence-corrected chi connectivity index (χ0v) is 10.2. The molecular formula is C15H9ClN2. The van der Waals surface area contributed by atoms with Gasteiger partial charge in [0.15, 0.2) is 0 Å². The van der Waals surface area contributed by atoms with Crippen LogP contribution in [0.15, 0.2) is 48.7 Å². The van der Waals surface area contributed by atoms with Crippen LogP contribution in [0.2, 0.25) is 5.02 Å². The smallest absolute Gasteiger partial charge is 0.0709 e. The normalized spacial score (nSPS) is 11.6. The quantitative estimate of drug-likeness (QED) is 0.490. The highest BCUT2D eigenvalue weighted by Crippen LogP contribution is 2.31. The van der Waals surface area contributed by atoms with E-state index in [1.54, 1.807) is 0 Å². The van der Waals surface area contributed by atoms with Gasteiger partial charge in [-0.25, -0.2) is 0 Å². The molecule has 0 saturated carbocycles. The van der Waals surface area contributed by atoms with Crippen LogP contribution in [0.3, 0.4) is 0 Å². The first-order valence-corrected chi connectivity index (χ1v) is 6.15. The molecule has 18 heavy (non-hydrogen) atoms. The van der Waals surface area contributed by atoms with Crippen molar-refractivity contribution in [3.05, 3.63) is 53.7 Å². The molecule has 0 atom stereocenters. The number of fused-ring (bicyclic) bond motifs is 5. The number of nitrogens with one attached hydrogen (secondary N) is 1. The van der Waals surface area contributed by atoms with Gasteiger partial charge in [-0.3, -0.25) is 4.98 Å². The third-order valence-corrected chi connectivity index (χ3v) is 3.53. The summed E-state index contributed by atoms with van der Waals surface area (Å²) in [5.41, 5.74) is 3.11. The van der Waals surface area contributed by atoms with Crippen molar-refractivity contribution in [2.24, 2.45) is 0 Å². The molecule has 0 fully saturated rings. The average Bonchev–Trinajstić information content (AvgIpc) is 2.76. The summed E-state index contributed by atoms with van der Waals surface area (Å²) in [4.78, 5) is 7.83. The molecule has 0 aliphatic carbocycles. The number of hydrogen-bond acceptors (Lipinski definition) is 1. The summed E-state index contributed by atoms with van der Waals surface area (Å²) in [6.07, 6.45) is 1.88. The van der Waals surface area contributed by atoms with Crippen molar-refractivity contribution in [3.8, 4) is 0 Å². The minimum atomic E-state index is 0.742. The van der Waals surface area contributed by atoms with E-state index in [0.717, 1.165) is 21.6 Å². The second kappa shape index (κ2) is 3.47. The Kier molecular flexibility index (Phi) is 1.91. The summed E-state index contributed by atoms with van der Waals surface area (Å²) in [6, 6.07) is 14.1. The number of pyridine rings is 1. The maximum Gasteiger partial charge on any atom is 0.0709 e. The third-order valence-electron chi connectivity index (χ3n) is 3.30. The first-order valence-electron chi connectivity index (χ1n) is 5.77. The molecule has 2 nitrogen and oxygen atoms in total. The molecule has 0 radical (unpaired) electrons. The van der Waals surface area contributed by atoms with Crippen LogP contribution >= 0.6 is 11.6 Å². The predicted octanol–water partition coefficient (Wildman–Crippen LogP) is 4.52. The van der Waals surface area contributed by atoms with Gasteiger partial charge in [-0.15, -0.1) is 0 Å². The molecule has 4 rings (SSSR count). The molecule has 0 unspecified atom stereocenters. The number of nitrogens with zero attached hydrogens (tertiary/aromatic N) is 1. The molecule has 2 aromatic heterocycles. The van der Waals surface area contributed by atoms with Gasteiger partial charge in [0.2, 0.25) is 0 Å². The van der Waals surface area contributed by atoms with Crippen LogP contribution in [0.5, 0.6) is 0 Å². The van der Waals surface area contributed by atoms with Gasteiger partial charge in [0, 0.05) is 26.7 Å². The van der Waals surface area contributed by atoms with Crippen LogP contribution in [0.1, 0.15) is 0 Å². The molecule has 86 valence electrons. The van der Waals surface area contributed by atoms with Crippen molar-refractivity contribution in [2.45, 2.75) is 0 Å². The Hall–Kier alpha value is -2.06. The Morgan fingerprint density at radius 3 is 2.78 bits per heavy atom. The molecule has 4 aromatic rings. The van der Waals surface area contributed by atoms with Crippen LogP contribution in [0.4, 0.5) is 0 Å². The zero-order chi connectivity index (χ0) is 12.1. The van der Waals surface area contributed by atoms with Crippen molar-refractivity contribution in [2.75, 3.05) is 0 Å². The van der Waals surface area contributed by atoms with Gasteiger partial charge < -0.3 is 4.98 Å². The molecule has 1 N–H and O–H groups in total. The Morgan fingerprint density at radius 2 is 1.83 bits per heavy atom. The summed E-state index contributed by atoms with van der Waals surface area (Å²) in [6.45, 7) is 0. The van der Waals surface area contributed by atoms with Gasteiger partial charge in [-0.05, 0) is 18.2 Å². The third kappa shape index (κ3) is 1.27. The molecule has 3 heteroatoms. The van der Waals surface area contributed by atoms with E-state index in [0.29, 0.717) is 0 Å². The predicted molar refractivity (Wildman–Crippen MR) is 76.1 cm³/mol. The summed E-state index contributed by atoms with van der Waals surface area (Å²) >= 11 is 6.03. The van der Waals surface area contributed by atoms with Crippen molar-refractivity contribution < 1.29 is 0 Å². The fourth-order valence-corrected chi connectivity index (χ4v) is 2.68. The number of halogens is 1.